The lowest BCUT2D eigenvalue weighted by atomic mass is 9.85. The van der Waals surface area contributed by atoms with Crippen LogP contribution in [0.25, 0.3) is 6.08 Å². The van der Waals surface area contributed by atoms with Crippen molar-refractivity contribution in [3.63, 3.8) is 0 Å². The number of fused-ring (bicyclic) bond motifs is 5. The minimum Gasteiger partial charge on any atom is -0.478 e. The normalized spacial score (nSPS) is 29.5. The van der Waals surface area contributed by atoms with Gasteiger partial charge in [-0.3, -0.25) is 19.4 Å². The fourth-order valence-electron chi connectivity index (χ4n) is 5.69. The number of rotatable bonds is 7. The summed E-state index contributed by atoms with van der Waals surface area (Å²) in [6, 6.07) is 6.10. The highest BCUT2D eigenvalue weighted by Crippen LogP contribution is 2.52. The lowest BCUT2D eigenvalue weighted by Crippen LogP contribution is -2.50. The van der Waals surface area contributed by atoms with Crippen molar-refractivity contribution >= 4 is 33.9 Å². The topological polar surface area (TPSA) is 115 Å². The molecule has 3 fully saturated rings. The second-order valence-electron chi connectivity index (χ2n) is 9.31. The molecule has 4 aliphatic rings. The maximum absolute atomic E-state index is 13.0. The molecule has 1 aromatic rings. The van der Waals surface area contributed by atoms with Gasteiger partial charge in [-0.1, -0.05) is 24.3 Å². The van der Waals surface area contributed by atoms with Gasteiger partial charge in [0.2, 0.25) is 21.8 Å². The monoisotopic (exact) mass is 485 g/mol. The van der Waals surface area contributed by atoms with Crippen LogP contribution in [0.5, 0.6) is 0 Å². The summed E-state index contributed by atoms with van der Waals surface area (Å²) < 4.78 is 27.4. The Labute approximate surface area is 198 Å². The highest BCUT2D eigenvalue weighted by atomic mass is 32.2. The minimum atomic E-state index is -3.66. The van der Waals surface area contributed by atoms with Crippen molar-refractivity contribution in [1.29, 1.82) is 0 Å². The molecule has 180 valence electrons. The van der Waals surface area contributed by atoms with E-state index < -0.39 is 16.0 Å². The first-order chi connectivity index (χ1) is 16.3. The standard InChI is InChI=1S/C24H27N3O6S/c28-20(29)8-3-16-1-6-19(7-2-16)34(32,33)26-12-9-25(10-13-26)11-14-27-23(30)21-17-4-5-18(15-17)22(21)24(27)31/h1-8,17-18,21-22H,9-15H2,(H,28,29). The molecule has 2 saturated heterocycles. The lowest BCUT2D eigenvalue weighted by molar-refractivity contribution is -0.141. The van der Waals surface area contributed by atoms with Gasteiger partial charge in [0, 0.05) is 45.3 Å². The quantitative estimate of drug-likeness (QED) is 0.347. The predicted octanol–water partition coefficient (Wildman–Crippen LogP) is 0.898. The first-order valence-corrected chi connectivity index (χ1v) is 13.0. The molecule has 9 nitrogen and oxygen atoms in total. The number of likely N-dealkylation sites (tertiary alicyclic amines) is 1. The van der Waals surface area contributed by atoms with Gasteiger partial charge in [0.05, 0.1) is 16.7 Å². The Morgan fingerprint density at radius 3 is 2.09 bits per heavy atom. The molecule has 5 rings (SSSR count). The van der Waals surface area contributed by atoms with Gasteiger partial charge >= 0.3 is 5.97 Å². The largest absolute Gasteiger partial charge is 0.478 e. The van der Waals surface area contributed by atoms with E-state index >= 15 is 0 Å². The van der Waals surface area contributed by atoms with E-state index in [1.165, 1.54) is 27.4 Å². The molecule has 1 aromatic carbocycles. The number of hydrogen-bond donors (Lipinski definition) is 1. The van der Waals surface area contributed by atoms with E-state index in [1.807, 2.05) is 0 Å². The van der Waals surface area contributed by atoms with Gasteiger partial charge in [0.25, 0.3) is 0 Å². The Bertz CT molecular complexity index is 1140. The van der Waals surface area contributed by atoms with Crippen LogP contribution in [0.1, 0.15) is 12.0 Å². The first-order valence-electron chi connectivity index (χ1n) is 11.5. The van der Waals surface area contributed by atoms with Gasteiger partial charge in [-0.25, -0.2) is 13.2 Å². The molecule has 2 amide bonds. The highest BCUT2D eigenvalue weighted by Gasteiger charge is 2.59. The Kier molecular flexibility index (Phi) is 5.91. The van der Waals surface area contributed by atoms with Crippen molar-refractivity contribution in [2.45, 2.75) is 11.3 Å². The number of imide groups is 1. The summed E-state index contributed by atoms with van der Waals surface area (Å²) in [4.78, 5) is 40.0. The number of piperazine rings is 1. The van der Waals surface area contributed by atoms with Gasteiger partial charge < -0.3 is 5.11 Å². The summed E-state index contributed by atoms with van der Waals surface area (Å²) in [6.45, 7) is 2.58. The van der Waals surface area contributed by atoms with E-state index in [0.717, 1.165) is 12.5 Å². The van der Waals surface area contributed by atoms with E-state index in [0.29, 0.717) is 44.8 Å². The Morgan fingerprint density at radius 1 is 0.941 bits per heavy atom. The van der Waals surface area contributed by atoms with Crippen molar-refractivity contribution in [1.82, 2.24) is 14.1 Å². The van der Waals surface area contributed by atoms with E-state index in [1.54, 1.807) is 12.1 Å². The molecule has 0 radical (unpaired) electrons. The van der Waals surface area contributed by atoms with E-state index in [9.17, 15) is 22.8 Å². The summed E-state index contributed by atoms with van der Waals surface area (Å²) in [5, 5.41) is 8.70. The number of carbonyl (C=O) groups is 3. The molecule has 1 saturated carbocycles. The smallest absolute Gasteiger partial charge is 0.328 e. The van der Waals surface area contributed by atoms with E-state index in [-0.39, 0.29) is 40.4 Å². The maximum Gasteiger partial charge on any atom is 0.328 e. The third-order valence-corrected chi connectivity index (χ3v) is 9.38. The molecule has 34 heavy (non-hydrogen) atoms. The number of carbonyl (C=O) groups excluding carboxylic acids is 2. The van der Waals surface area contributed by atoms with Crippen LogP contribution in [0, 0.1) is 23.7 Å². The number of sulfonamides is 1. The van der Waals surface area contributed by atoms with E-state index in [4.69, 9.17) is 5.11 Å². The molecule has 0 aromatic heterocycles. The zero-order valence-corrected chi connectivity index (χ0v) is 19.4. The van der Waals surface area contributed by atoms with Gasteiger partial charge in [0.15, 0.2) is 0 Å². The maximum atomic E-state index is 13.0. The number of nitrogens with zero attached hydrogens (tertiary/aromatic N) is 3. The second kappa shape index (κ2) is 8.75. The van der Waals surface area contributed by atoms with Crippen molar-refractivity contribution in [3.05, 3.63) is 48.1 Å². The summed E-state index contributed by atoms with van der Waals surface area (Å²) in [6.07, 6.45) is 7.49. The van der Waals surface area contributed by atoms with Crippen LogP contribution in [0.2, 0.25) is 0 Å². The molecule has 4 atom stereocenters. The molecular weight excluding hydrogens is 458 g/mol. The fourth-order valence-corrected chi connectivity index (χ4v) is 7.11. The number of benzene rings is 1. The summed E-state index contributed by atoms with van der Waals surface area (Å²) >= 11 is 0. The summed E-state index contributed by atoms with van der Waals surface area (Å²) in [5.41, 5.74) is 0.602. The average molecular weight is 486 g/mol. The minimum absolute atomic E-state index is 0.0466. The SMILES string of the molecule is O=C(O)C=Cc1ccc(S(=O)(=O)N2CCN(CCN3C(=O)C4C5C=CC(C5)C4C3=O)CC2)cc1. The van der Waals surface area contributed by atoms with Gasteiger partial charge in [-0.15, -0.1) is 0 Å². The number of amides is 2. The van der Waals surface area contributed by atoms with Crippen LogP contribution in [-0.2, 0) is 24.4 Å². The Morgan fingerprint density at radius 2 is 1.53 bits per heavy atom. The number of hydrogen-bond acceptors (Lipinski definition) is 6. The van der Waals surface area contributed by atoms with Crippen LogP contribution in [0.3, 0.4) is 0 Å². The summed E-state index contributed by atoms with van der Waals surface area (Å²) in [7, 11) is -3.66. The zero-order chi connectivity index (χ0) is 24.0. The molecule has 1 N–H and O–H groups in total. The second-order valence-corrected chi connectivity index (χ2v) is 11.3. The number of carboxylic acid groups (broad SMARTS) is 1. The van der Waals surface area contributed by atoms with Gasteiger partial charge in [0.1, 0.15) is 0 Å². The molecule has 2 aliphatic carbocycles. The van der Waals surface area contributed by atoms with Gasteiger partial charge in [-0.2, -0.15) is 4.31 Å². The van der Waals surface area contributed by atoms with E-state index in [2.05, 4.69) is 17.1 Å². The first kappa shape index (κ1) is 22.9. The van der Waals surface area contributed by atoms with Crippen LogP contribution in [0.4, 0.5) is 0 Å². The predicted molar refractivity (Wildman–Crippen MR) is 123 cm³/mol. The molecule has 2 aliphatic heterocycles. The third-order valence-electron chi connectivity index (χ3n) is 7.47. The van der Waals surface area contributed by atoms with Crippen LogP contribution in [-0.4, -0.2) is 84.7 Å². The van der Waals surface area contributed by atoms with Crippen LogP contribution >= 0.6 is 0 Å². The molecule has 4 unspecified atom stereocenters. The molecular formula is C24H27N3O6S. The molecule has 2 bridgehead atoms. The Balaban J connectivity index is 1.14. The van der Waals surface area contributed by atoms with Crippen molar-refractivity contribution < 1.29 is 27.9 Å². The lowest BCUT2D eigenvalue weighted by Gasteiger charge is -2.34. The van der Waals surface area contributed by atoms with Crippen molar-refractivity contribution in [2.24, 2.45) is 23.7 Å². The van der Waals surface area contributed by atoms with Crippen LogP contribution < -0.4 is 0 Å². The van der Waals surface area contributed by atoms with Crippen molar-refractivity contribution in [3.8, 4) is 0 Å². The van der Waals surface area contributed by atoms with Crippen molar-refractivity contribution in [2.75, 3.05) is 39.3 Å². The third kappa shape index (κ3) is 3.99. The highest BCUT2D eigenvalue weighted by molar-refractivity contribution is 7.89. The Hall–Kier alpha value is -2.82. The zero-order valence-electron chi connectivity index (χ0n) is 18.6. The van der Waals surface area contributed by atoms with Gasteiger partial charge in [-0.05, 0) is 42.0 Å². The average Bonchev–Trinajstić information content (AvgIpc) is 3.51. The van der Waals surface area contributed by atoms with Crippen LogP contribution in [0.15, 0.2) is 47.4 Å². The molecule has 10 heteroatoms. The number of allylic oxidation sites excluding steroid dienone is 2. The molecule has 0 spiro atoms. The summed E-state index contributed by atoms with van der Waals surface area (Å²) in [5.74, 6) is -1.13. The fraction of sp³-hybridized carbons (Fsp3) is 0.458. The number of aliphatic carboxylic acids is 1. The molecule has 2 heterocycles. The number of carboxylic acids is 1.